The maximum absolute atomic E-state index is 9.74. The fourth-order valence-electron chi connectivity index (χ4n) is 2.51. The highest BCUT2D eigenvalue weighted by atomic mass is 16.5. The summed E-state index contributed by atoms with van der Waals surface area (Å²) in [6, 6.07) is 5.99. The van der Waals surface area contributed by atoms with E-state index in [1.165, 1.54) is 0 Å². The zero-order valence-corrected chi connectivity index (χ0v) is 11.7. The van der Waals surface area contributed by atoms with Crippen molar-refractivity contribution in [3.05, 3.63) is 23.8 Å². The number of phenolic OH excluding ortho intramolecular Hbond substituents is 1. The summed E-state index contributed by atoms with van der Waals surface area (Å²) in [5.41, 5.74) is 1.07. The first kappa shape index (κ1) is 14.2. The van der Waals surface area contributed by atoms with Gasteiger partial charge in [0.15, 0.2) is 11.5 Å². The number of aromatic hydroxyl groups is 1. The van der Waals surface area contributed by atoms with Crippen LogP contribution in [0.5, 0.6) is 11.5 Å². The molecule has 1 atom stereocenters. The van der Waals surface area contributed by atoms with Crippen LogP contribution in [0.25, 0.3) is 0 Å². The van der Waals surface area contributed by atoms with Gasteiger partial charge >= 0.3 is 0 Å². The lowest BCUT2D eigenvalue weighted by atomic mass is 9.93. The lowest BCUT2D eigenvalue weighted by molar-refractivity contribution is 0.0558. The number of rotatable bonds is 5. The van der Waals surface area contributed by atoms with Crippen LogP contribution in [0.15, 0.2) is 18.2 Å². The molecule has 1 fully saturated rings. The molecule has 2 N–H and O–H groups in total. The van der Waals surface area contributed by atoms with Crippen LogP contribution in [-0.2, 0) is 11.3 Å². The first-order valence-electron chi connectivity index (χ1n) is 6.87. The molecule has 1 saturated heterocycles. The van der Waals surface area contributed by atoms with Crippen LogP contribution in [0.3, 0.4) is 0 Å². The van der Waals surface area contributed by atoms with Crippen LogP contribution < -0.4 is 10.1 Å². The smallest absolute Gasteiger partial charge is 0.160 e. The molecule has 1 aromatic rings. The molecule has 1 unspecified atom stereocenters. The Labute approximate surface area is 114 Å². The summed E-state index contributed by atoms with van der Waals surface area (Å²) in [6.45, 7) is 4.73. The lowest BCUT2D eigenvalue weighted by Gasteiger charge is -2.28. The Hall–Kier alpha value is -1.26. The quantitative estimate of drug-likeness (QED) is 0.857. The summed E-state index contributed by atoms with van der Waals surface area (Å²) in [5.74, 6) is 1.39. The minimum Gasteiger partial charge on any atom is -0.504 e. The lowest BCUT2D eigenvalue weighted by Crippen LogP contribution is -2.36. The molecule has 0 aromatic heterocycles. The first-order chi connectivity index (χ1) is 9.20. The van der Waals surface area contributed by atoms with Crippen molar-refractivity contribution in [2.75, 3.05) is 20.3 Å². The third-order valence-electron chi connectivity index (χ3n) is 3.84. The molecule has 1 aliphatic rings. The zero-order valence-electron chi connectivity index (χ0n) is 11.7. The molecule has 4 nitrogen and oxygen atoms in total. The largest absolute Gasteiger partial charge is 0.504 e. The van der Waals surface area contributed by atoms with E-state index in [-0.39, 0.29) is 5.75 Å². The van der Waals surface area contributed by atoms with Crippen LogP contribution in [0.1, 0.15) is 25.3 Å². The van der Waals surface area contributed by atoms with Crippen LogP contribution in [0, 0.1) is 5.92 Å². The molecule has 1 heterocycles. The van der Waals surface area contributed by atoms with E-state index in [4.69, 9.17) is 9.47 Å². The molecule has 2 rings (SSSR count). The van der Waals surface area contributed by atoms with Crippen molar-refractivity contribution in [3.63, 3.8) is 0 Å². The molecule has 0 spiro atoms. The second-order valence-electron chi connectivity index (χ2n) is 5.13. The van der Waals surface area contributed by atoms with Gasteiger partial charge in [-0.25, -0.2) is 0 Å². The topological polar surface area (TPSA) is 50.7 Å². The molecule has 0 bridgehead atoms. The van der Waals surface area contributed by atoms with Gasteiger partial charge in [0.1, 0.15) is 0 Å². The van der Waals surface area contributed by atoms with E-state index < -0.39 is 0 Å². The molecule has 0 aliphatic carbocycles. The number of ether oxygens (including phenoxy) is 2. The van der Waals surface area contributed by atoms with Gasteiger partial charge in [-0.05, 0) is 43.4 Å². The van der Waals surface area contributed by atoms with Crippen molar-refractivity contribution in [3.8, 4) is 11.5 Å². The van der Waals surface area contributed by atoms with E-state index in [1.807, 2.05) is 6.07 Å². The van der Waals surface area contributed by atoms with Gasteiger partial charge in [-0.15, -0.1) is 0 Å². The number of phenols is 1. The summed E-state index contributed by atoms with van der Waals surface area (Å²) < 4.78 is 10.4. The van der Waals surface area contributed by atoms with Crippen LogP contribution >= 0.6 is 0 Å². The van der Waals surface area contributed by atoms with Gasteiger partial charge in [0.2, 0.25) is 0 Å². The minimum atomic E-state index is 0.195. The Balaban J connectivity index is 1.85. The highest BCUT2D eigenvalue weighted by Gasteiger charge is 2.19. The third-order valence-corrected chi connectivity index (χ3v) is 3.84. The average Bonchev–Trinajstić information content (AvgIpc) is 2.46. The van der Waals surface area contributed by atoms with Gasteiger partial charge in [0.25, 0.3) is 0 Å². The zero-order chi connectivity index (χ0) is 13.7. The number of methoxy groups -OCH3 is 1. The van der Waals surface area contributed by atoms with Gasteiger partial charge in [-0.2, -0.15) is 0 Å². The van der Waals surface area contributed by atoms with Crippen molar-refractivity contribution in [1.82, 2.24) is 5.32 Å². The fraction of sp³-hybridized carbons (Fsp3) is 0.600. The van der Waals surface area contributed by atoms with E-state index in [0.29, 0.717) is 17.7 Å². The minimum absolute atomic E-state index is 0.195. The molecule has 1 aromatic carbocycles. The Morgan fingerprint density at radius 3 is 2.79 bits per heavy atom. The standard InChI is InChI=1S/C15H23NO3/c1-11(13-5-7-19-8-6-13)16-10-12-3-4-15(18-2)14(17)9-12/h3-4,9,11,13,16-17H,5-8,10H2,1-2H3. The maximum Gasteiger partial charge on any atom is 0.160 e. The van der Waals surface area contributed by atoms with Gasteiger partial charge in [-0.3, -0.25) is 0 Å². The predicted octanol–water partition coefficient (Wildman–Crippen LogP) is 2.31. The average molecular weight is 265 g/mol. The van der Waals surface area contributed by atoms with Crippen molar-refractivity contribution >= 4 is 0 Å². The highest BCUT2D eigenvalue weighted by molar-refractivity contribution is 5.41. The number of nitrogens with one attached hydrogen (secondary N) is 1. The molecule has 106 valence electrons. The second-order valence-corrected chi connectivity index (χ2v) is 5.13. The summed E-state index contributed by atoms with van der Waals surface area (Å²) >= 11 is 0. The molecule has 0 amide bonds. The maximum atomic E-state index is 9.74. The molecular weight excluding hydrogens is 242 g/mol. The molecule has 0 radical (unpaired) electrons. The van der Waals surface area contributed by atoms with E-state index >= 15 is 0 Å². The predicted molar refractivity (Wildman–Crippen MR) is 74.5 cm³/mol. The van der Waals surface area contributed by atoms with Gasteiger partial charge in [0.05, 0.1) is 7.11 Å². The monoisotopic (exact) mass is 265 g/mol. The molecule has 19 heavy (non-hydrogen) atoms. The molecule has 0 saturated carbocycles. The summed E-state index contributed by atoms with van der Waals surface area (Å²) in [5, 5.41) is 13.3. The summed E-state index contributed by atoms with van der Waals surface area (Å²) in [6.07, 6.45) is 2.25. The Bertz CT molecular complexity index is 402. The van der Waals surface area contributed by atoms with Crippen molar-refractivity contribution in [1.29, 1.82) is 0 Å². The van der Waals surface area contributed by atoms with Crippen molar-refractivity contribution in [2.45, 2.75) is 32.4 Å². The van der Waals surface area contributed by atoms with Crippen LogP contribution in [0.4, 0.5) is 0 Å². The summed E-state index contributed by atoms with van der Waals surface area (Å²) in [7, 11) is 1.56. The van der Waals surface area contributed by atoms with Gasteiger partial charge in [-0.1, -0.05) is 6.07 Å². The van der Waals surface area contributed by atoms with E-state index in [2.05, 4.69) is 12.2 Å². The fourth-order valence-corrected chi connectivity index (χ4v) is 2.51. The Morgan fingerprint density at radius 1 is 1.42 bits per heavy atom. The Kier molecular flexibility index (Phi) is 5.05. The van der Waals surface area contributed by atoms with E-state index in [0.717, 1.165) is 38.2 Å². The van der Waals surface area contributed by atoms with Gasteiger partial charge < -0.3 is 19.9 Å². The van der Waals surface area contributed by atoms with Gasteiger partial charge in [0, 0.05) is 25.8 Å². The van der Waals surface area contributed by atoms with E-state index in [1.54, 1.807) is 19.2 Å². The molecular formula is C15H23NO3. The van der Waals surface area contributed by atoms with Crippen LogP contribution in [-0.4, -0.2) is 31.5 Å². The SMILES string of the molecule is COc1ccc(CNC(C)C2CCOCC2)cc1O. The first-order valence-corrected chi connectivity index (χ1v) is 6.87. The molecule has 4 heteroatoms. The van der Waals surface area contributed by atoms with Crippen LogP contribution in [0.2, 0.25) is 0 Å². The number of benzene rings is 1. The third kappa shape index (κ3) is 3.85. The second kappa shape index (κ2) is 6.78. The van der Waals surface area contributed by atoms with E-state index in [9.17, 15) is 5.11 Å². The highest BCUT2D eigenvalue weighted by Crippen LogP contribution is 2.26. The number of hydrogen-bond donors (Lipinski definition) is 2. The number of hydrogen-bond acceptors (Lipinski definition) is 4. The molecule has 1 aliphatic heterocycles. The van der Waals surface area contributed by atoms with Crippen molar-refractivity contribution in [2.24, 2.45) is 5.92 Å². The summed E-state index contributed by atoms with van der Waals surface area (Å²) in [4.78, 5) is 0. The van der Waals surface area contributed by atoms with Crippen molar-refractivity contribution < 1.29 is 14.6 Å². The Morgan fingerprint density at radius 2 is 2.16 bits per heavy atom. The normalized spacial score (nSPS) is 18.2.